The number of carbonyl (C=O) groups is 4. The van der Waals surface area contributed by atoms with Crippen molar-refractivity contribution in [1.82, 2.24) is 4.90 Å². The molecule has 5 aromatic rings. The molecule has 2 heterocycles. The zero-order valence-corrected chi connectivity index (χ0v) is 31.1. The minimum absolute atomic E-state index is 0.114. The third kappa shape index (κ3) is 6.53. The number of esters is 1. The summed E-state index contributed by atoms with van der Waals surface area (Å²) in [5.74, 6) is -8.32. The summed E-state index contributed by atoms with van der Waals surface area (Å²) in [7, 11) is 0. The Balaban J connectivity index is 1.35. The number of phenolic OH excluding ortho intramolecular Hbond substituents is 2. The van der Waals surface area contributed by atoms with Gasteiger partial charge in [-0.1, -0.05) is 6.07 Å². The van der Waals surface area contributed by atoms with Crippen LogP contribution in [0, 0.1) is 21.0 Å². The van der Waals surface area contributed by atoms with Gasteiger partial charge in [-0.2, -0.15) is 0 Å². The van der Waals surface area contributed by atoms with E-state index in [1.165, 1.54) is 60.7 Å². The van der Waals surface area contributed by atoms with E-state index < -0.39 is 64.0 Å². The van der Waals surface area contributed by atoms with Crippen LogP contribution in [0.3, 0.4) is 0 Å². The number of imide groups is 1. The van der Waals surface area contributed by atoms with Crippen LogP contribution in [0.1, 0.15) is 67.0 Å². The van der Waals surface area contributed by atoms with Crippen LogP contribution in [0.5, 0.6) is 23.0 Å². The van der Waals surface area contributed by atoms with Crippen LogP contribution in [0.2, 0.25) is 0 Å². The first-order valence-corrected chi connectivity index (χ1v) is 18.1. The van der Waals surface area contributed by atoms with Crippen LogP contribution in [0.4, 0.5) is 24.5 Å². The number of rotatable bonds is 10. The van der Waals surface area contributed by atoms with E-state index in [-0.39, 0.29) is 64.8 Å². The maximum absolute atomic E-state index is 15.5. The first-order valence-electron chi connectivity index (χ1n) is 17.0. The highest BCUT2D eigenvalue weighted by molar-refractivity contribution is 14.1. The number of fused-ring (bicyclic) bond motifs is 6. The normalized spacial score (nSPS) is 13.8. The Bertz CT molecular complexity index is 2430. The second-order valence-electron chi connectivity index (χ2n) is 13.0. The number of halogens is 4. The number of phenols is 2. The predicted molar refractivity (Wildman–Crippen MR) is 203 cm³/mol. The molecule has 0 aromatic heterocycles. The van der Waals surface area contributed by atoms with E-state index in [9.17, 15) is 38.2 Å². The first-order chi connectivity index (χ1) is 26.7. The summed E-state index contributed by atoms with van der Waals surface area (Å²) in [5, 5.41) is 22.9. The molecule has 3 amide bonds. The Kier molecular flexibility index (Phi) is 10.1. The van der Waals surface area contributed by atoms with Crippen LogP contribution in [0.15, 0.2) is 84.9 Å². The fourth-order valence-electron chi connectivity index (χ4n) is 6.94. The fourth-order valence-corrected chi connectivity index (χ4v) is 7.39. The van der Waals surface area contributed by atoms with Gasteiger partial charge in [0.25, 0.3) is 11.8 Å². The van der Waals surface area contributed by atoms with E-state index in [2.05, 4.69) is 5.32 Å². The first kappa shape index (κ1) is 38.1. The van der Waals surface area contributed by atoms with Gasteiger partial charge in [0.05, 0.1) is 22.5 Å². The highest BCUT2D eigenvalue weighted by Crippen LogP contribution is 2.57. The molecule has 0 unspecified atom stereocenters. The number of amides is 3. The quantitative estimate of drug-likeness (QED) is 0.0437. The molecule has 0 fully saturated rings. The molecule has 0 aliphatic carbocycles. The lowest BCUT2D eigenvalue weighted by atomic mass is 9.77. The lowest BCUT2D eigenvalue weighted by molar-refractivity contribution is -0.122. The molecule has 0 saturated carbocycles. The Morgan fingerprint density at radius 1 is 0.821 bits per heavy atom. The second kappa shape index (κ2) is 14.8. The summed E-state index contributed by atoms with van der Waals surface area (Å²) in [6, 6.07) is 15.9. The topological polar surface area (TPSA) is 195 Å². The van der Waals surface area contributed by atoms with Gasteiger partial charge in [-0.25, -0.2) is 18.0 Å². The van der Waals surface area contributed by atoms with E-state index in [1.807, 2.05) is 22.6 Å². The van der Waals surface area contributed by atoms with E-state index in [0.29, 0.717) is 32.1 Å². The molecule has 16 heteroatoms. The van der Waals surface area contributed by atoms with Crippen LogP contribution in [-0.2, 0) is 15.1 Å². The number of carbonyl (C=O) groups excluding carboxylic acids is 4. The summed E-state index contributed by atoms with van der Waals surface area (Å²) in [6.07, 6.45) is 0.438. The Morgan fingerprint density at radius 3 is 2.11 bits per heavy atom. The van der Waals surface area contributed by atoms with Gasteiger partial charge in [0, 0.05) is 38.0 Å². The molecule has 0 saturated heterocycles. The van der Waals surface area contributed by atoms with E-state index in [4.69, 9.17) is 20.9 Å². The van der Waals surface area contributed by atoms with E-state index in [1.54, 1.807) is 0 Å². The molecule has 2 aliphatic rings. The Morgan fingerprint density at radius 2 is 1.48 bits per heavy atom. The molecular formula is C40H30F3IN4O8. The largest absolute Gasteiger partial charge is 0.508 e. The van der Waals surface area contributed by atoms with Crippen LogP contribution < -0.4 is 21.5 Å². The van der Waals surface area contributed by atoms with Crippen molar-refractivity contribution in [2.45, 2.75) is 30.9 Å². The number of ether oxygens (including phenoxy) is 2. The number of nitrogens with two attached hydrogens (primary N) is 2. The summed E-state index contributed by atoms with van der Waals surface area (Å²) < 4.78 is 57.7. The molecule has 5 aromatic carbocycles. The highest BCUT2D eigenvalue weighted by atomic mass is 127. The summed E-state index contributed by atoms with van der Waals surface area (Å²) >= 11 is 1.85. The summed E-state index contributed by atoms with van der Waals surface area (Å²) in [6.45, 7) is 0.206. The van der Waals surface area contributed by atoms with Gasteiger partial charge in [0.2, 0.25) is 5.91 Å². The number of primary amides is 1. The monoisotopic (exact) mass is 878 g/mol. The number of hydrogen-bond acceptors (Lipinski definition) is 10. The van der Waals surface area contributed by atoms with Crippen molar-refractivity contribution in [3.63, 3.8) is 0 Å². The average Bonchev–Trinajstić information content (AvgIpc) is 3.44. The smallest absolute Gasteiger partial charge is 0.340 e. The molecule has 2 aliphatic heterocycles. The lowest BCUT2D eigenvalue weighted by Gasteiger charge is -2.36. The molecule has 56 heavy (non-hydrogen) atoms. The number of unbranched alkanes of at least 4 members (excludes halogenated alkanes) is 1. The van der Waals surface area contributed by atoms with E-state index in [0.717, 1.165) is 18.2 Å². The maximum atomic E-state index is 15.5. The van der Waals surface area contributed by atoms with Gasteiger partial charge in [0.15, 0.2) is 17.2 Å². The van der Waals surface area contributed by atoms with Crippen LogP contribution >= 0.6 is 22.6 Å². The van der Waals surface area contributed by atoms with Gasteiger partial charge < -0.3 is 36.5 Å². The number of nitrogens with one attached hydrogen (secondary N) is 1. The molecular weight excluding hydrogens is 848 g/mol. The van der Waals surface area contributed by atoms with Gasteiger partial charge in [-0.15, -0.1) is 0 Å². The minimum atomic E-state index is -1.68. The molecule has 12 nitrogen and oxygen atoms in total. The van der Waals surface area contributed by atoms with Crippen molar-refractivity contribution in [1.29, 1.82) is 0 Å². The van der Waals surface area contributed by atoms with E-state index >= 15 is 4.39 Å². The average molecular weight is 879 g/mol. The molecule has 7 rings (SSSR count). The molecule has 286 valence electrons. The zero-order valence-electron chi connectivity index (χ0n) is 28.9. The molecule has 7 N–H and O–H groups in total. The molecule has 0 radical (unpaired) electrons. The van der Waals surface area contributed by atoms with Gasteiger partial charge in [-0.3, -0.25) is 19.3 Å². The minimum Gasteiger partial charge on any atom is -0.508 e. The number of nitrogens with zero attached hydrogens (tertiary/aromatic N) is 1. The van der Waals surface area contributed by atoms with Crippen LogP contribution in [-0.4, -0.2) is 51.4 Å². The van der Waals surface area contributed by atoms with Crippen molar-refractivity contribution in [3.05, 3.63) is 139 Å². The van der Waals surface area contributed by atoms with Crippen molar-refractivity contribution in [2.24, 2.45) is 11.5 Å². The Labute approximate surface area is 330 Å². The standard InChI is InChI=1S/C40H30F3IN4O8/c41-28-12-8-23(35(34(28)43)47-30-13-5-20(44)16-29(30)42)38(53)48(31(36(46)51)3-1-2-14-45)37(52)19-4-9-25-24(15-19)39(54)56-40(25)26-10-6-21(49)17-32(26)55-33-18-22(50)7-11-27(33)40/h4-13,15-18,31,47,49-50H,1-3,14,45H2,(H2,46,51)/t31-/m0/s1. The molecule has 0 bridgehead atoms. The summed E-state index contributed by atoms with van der Waals surface area (Å²) in [4.78, 5) is 56.4. The number of hydrogen-bond donors (Lipinski definition) is 5. The van der Waals surface area contributed by atoms with Crippen molar-refractivity contribution < 1.29 is 52.0 Å². The Hall–Kier alpha value is -6.14. The number of aromatic hydroxyl groups is 2. The fraction of sp³-hybridized carbons (Fsp3) is 0.150. The lowest BCUT2D eigenvalue weighted by Crippen LogP contribution is -2.51. The van der Waals surface area contributed by atoms with Crippen LogP contribution in [0.25, 0.3) is 0 Å². The summed E-state index contributed by atoms with van der Waals surface area (Å²) in [5.41, 5.74) is 8.44. The predicted octanol–water partition coefficient (Wildman–Crippen LogP) is 6.70. The SMILES string of the molecule is NCCCC[C@@H](C(N)=O)N(C(=O)c1ccc2c(c1)C(=O)OC21c2ccc(O)cc2Oc2cc(O)ccc21)C(=O)c1ccc(F)c(F)c1Nc1ccc(I)cc1F. The van der Waals surface area contributed by atoms with Crippen molar-refractivity contribution in [3.8, 4) is 23.0 Å². The zero-order chi connectivity index (χ0) is 40.1. The molecule has 1 spiro atoms. The highest BCUT2D eigenvalue weighted by Gasteiger charge is 2.54. The third-order valence-corrected chi connectivity index (χ3v) is 10.2. The maximum Gasteiger partial charge on any atom is 0.340 e. The second-order valence-corrected chi connectivity index (χ2v) is 14.3. The van der Waals surface area contributed by atoms with Gasteiger partial charge >= 0.3 is 5.97 Å². The van der Waals surface area contributed by atoms with Gasteiger partial charge in [-0.05, 0) is 115 Å². The molecule has 1 atom stereocenters. The van der Waals surface area contributed by atoms with Crippen molar-refractivity contribution in [2.75, 3.05) is 11.9 Å². The van der Waals surface area contributed by atoms with Crippen molar-refractivity contribution >= 4 is 57.7 Å². The number of benzene rings is 5. The van der Waals surface area contributed by atoms with Gasteiger partial charge in [0.1, 0.15) is 34.9 Å². The third-order valence-electron chi connectivity index (χ3n) is 9.55. The number of anilines is 2.